The molecule has 1 aliphatic heterocycles. The van der Waals surface area contributed by atoms with Gasteiger partial charge in [-0.05, 0) is 6.92 Å². The van der Waals surface area contributed by atoms with E-state index in [1.807, 2.05) is 0 Å². The summed E-state index contributed by atoms with van der Waals surface area (Å²) in [7, 11) is 1.52. The van der Waals surface area contributed by atoms with Crippen LogP contribution in [0.4, 0.5) is 0 Å². The molecule has 0 bridgehead atoms. The van der Waals surface area contributed by atoms with Crippen molar-refractivity contribution in [3.8, 4) is 17.2 Å². The van der Waals surface area contributed by atoms with Gasteiger partial charge in [-0.1, -0.05) is 11.6 Å². The summed E-state index contributed by atoms with van der Waals surface area (Å²) in [4.78, 5) is 11.4. The van der Waals surface area contributed by atoms with Crippen molar-refractivity contribution in [1.29, 1.82) is 0 Å². The Morgan fingerprint density at radius 3 is 2.83 bits per heavy atom. The van der Waals surface area contributed by atoms with Gasteiger partial charge in [0.05, 0.1) is 25.3 Å². The van der Waals surface area contributed by atoms with Gasteiger partial charge in [0.2, 0.25) is 0 Å². The monoisotopic (exact) mass is 270 g/mol. The zero-order valence-electron chi connectivity index (χ0n) is 10.4. The lowest BCUT2D eigenvalue weighted by Crippen LogP contribution is -2.05. The van der Waals surface area contributed by atoms with E-state index in [1.165, 1.54) is 14.0 Å². The van der Waals surface area contributed by atoms with Crippen LogP contribution in [-0.4, -0.2) is 26.1 Å². The number of halogens is 1. The summed E-state index contributed by atoms with van der Waals surface area (Å²) < 4.78 is 16.5. The molecule has 4 nitrogen and oxygen atoms in total. The standard InChI is InChI=1S/C13H15ClO4/c1-8(15)6-9-12(16-2)10(14)7-11-13(9)18-5-3-4-17-11/h7H,3-6H2,1-2H3. The average molecular weight is 271 g/mol. The Labute approximate surface area is 111 Å². The topological polar surface area (TPSA) is 44.8 Å². The fraction of sp³-hybridized carbons (Fsp3) is 0.462. The summed E-state index contributed by atoms with van der Waals surface area (Å²) >= 11 is 6.13. The maximum absolute atomic E-state index is 11.4. The van der Waals surface area contributed by atoms with Crippen LogP contribution in [-0.2, 0) is 11.2 Å². The molecule has 1 aromatic carbocycles. The Bertz CT molecular complexity index is 471. The number of benzene rings is 1. The molecule has 0 aliphatic carbocycles. The van der Waals surface area contributed by atoms with Gasteiger partial charge in [-0.2, -0.15) is 0 Å². The summed E-state index contributed by atoms with van der Waals surface area (Å²) in [6.07, 6.45) is 1.02. The number of Topliss-reactive ketones (excluding diaryl/α,β-unsaturated/α-hetero) is 1. The van der Waals surface area contributed by atoms with Gasteiger partial charge in [0, 0.05) is 24.5 Å². The normalized spacial score (nSPS) is 13.9. The lowest BCUT2D eigenvalue weighted by atomic mass is 10.1. The minimum absolute atomic E-state index is 0.0191. The number of hydrogen-bond donors (Lipinski definition) is 0. The predicted molar refractivity (Wildman–Crippen MR) is 68.0 cm³/mol. The largest absolute Gasteiger partial charge is 0.495 e. The first-order valence-electron chi connectivity index (χ1n) is 5.78. The molecule has 0 amide bonds. The van der Waals surface area contributed by atoms with Gasteiger partial charge in [-0.25, -0.2) is 0 Å². The van der Waals surface area contributed by atoms with Gasteiger partial charge in [-0.15, -0.1) is 0 Å². The predicted octanol–water partition coefficient (Wildman–Crippen LogP) is 2.64. The lowest BCUT2D eigenvalue weighted by molar-refractivity contribution is -0.116. The lowest BCUT2D eigenvalue weighted by Gasteiger charge is -2.16. The van der Waals surface area contributed by atoms with Crippen LogP contribution in [0.5, 0.6) is 17.2 Å². The van der Waals surface area contributed by atoms with E-state index in [-0.39, 0.29) is 12.2 Å². The maximum atomic E-state index is 11.4. The van der Waals surface area contributed by atoms with Crippen molar-refractivity contribution in [3.63, 3.8) is 0 Å². The fourth-order valence-electron chi connectivity index (χ4n) is 1.95. The maximum Gasteiger partial charge on any atom is 0.168 e. The number of carbonyl (C=O) groups excluding carboxylic acids is 1. The van der Waals surface area contributed by atoms with Gasteiger partial charge in [0.1, 0.15) is 11.5 Å². The molecular formula is C13H15ClO4. The second-order valence-corrected chi connectivity index (χ2v) is 4.53. The van der Waals surface area contributed by atoms with E-state index < -0.39 is 0 Å². The first-order valence-corrected chi connectivity index (χ1v) is 6.15. The Morgan fingerprint density at radius 1 is 1.44 bits per heavy atom. The molecule has 5 heteroatoms. The highest BCUT2D eigenvalue weighted by molar-refractivity contribution is 6.32. The van der Waals surface area contributed by atoms with Crippen LogP contribution in [0.15, 0.2) is 6.07 Å². The number of fused-ring (bicyclic) bond motifs is 1. The minimum atomic E-state index is 0.0191. The van der Waals surface area contributed by atoms with Crippen LogP contribution >= 0.6 is 11.6 Å². The summed E-state index contributed by atoms with van der Waals surface area (Å²) in [5.74, 6) is 1.65. The van der Waals surface area contributed by atoms with Crippen molar-refractivity contribution >= 4 is 17.4 Å². The zero-order chi connectivity index (χ0) is 13.1. The molecule has 2 rings (SSSR count). The van der Waals surface area contributed by atoms with Crippen molar-refractivity contribution in [2.24, 2.45) is 0 Å². The minimum Gasteiger partial charge on any atom is -0.495 e. The third kappa shape index (κ3) is 2.53. The van der Waals surface area contributed by atoms with Crippen LogP contribution in [0.1, 0.15) is 18.9 Å². The fourth-order valence-corrected chi connectivity index (χ4v) is 2.24. The first kappa shape index (κ1) is 13.0. The van der Waals surface area contributed by atoms with Crippen molar-refractivity contribution < 1.29 is 19.0 Å². The molecule has 18 heavy (non-hydrogen) atoms. The number of ether oxygens (including phenoxy) is 3. The van der Waals surface area contributed by atoms with Crippen molar-refractivity contribution in [3.05, 3.63) is 16.7 Å². The van der Waals surface area contributed by atoms with Crippen molar-refractivity contribution in [2.45, 2.75) is 19.8 Å². The summed E-state index contributed by atoms with van der Waals surface area (Å²) in [5, 5.41) is 0.429. The highest BCUT2D eigenvalue weighted by Crippen LogP contribution is 2.44. The third-order valence-corrected chi connectivity index (χ3v) is 2.95. The highest BCUT2D eigenvalue weighted by atomic mass is 35.5. The average Bonchev–Trinajstić information content (AvgIpc) is 2.53. The zero-order valence-corrected chi connectivity index (χ0v) is 11.2. The molecule has 0 atom stereocenters. The van der Waals surface area contributed by atoms with Crippen molar-refractivity contribution in [2.75, 3.05) is 20.3 Å². The molecule has 1 heterocycles. The van der Waals surface area contributed by atoms with Gasteiger partial charge in [-0.3, -0.25) is 4.79 Å². The first-order chi connectivity index (χ1) is 8.63. The molecule has 0 fully saturated rings. The molecule has 0 saturated heterocycles. The number of carbonyl (C=O) groups is 1. The summed E-state index contributed by atoms with van der Waals surface area (Å²) in [6, 6.07) is 1.67. The summed E-state index contributed by atoms with van der Waals surface area (Å²) in [6.45, 7) is 2.65. The smallest absolute Gasteiger partial charge is 0.168 e. The SMILES string of the molecule is COc1c(Cl)cc2c(c1CC(C)=O)OCCCO2. The number of hydrogen-bond acceptors (Lipinski definition) is 4. The molecular weight excluding hydrogens is 256 g/mol. The van der Waals surface area contributed by atoms with Gasteiger partial charge < -0.3 is 14.2 Å². The van der Waals surface area contributed by atoms with E-state index in [0.29, 0.717) is 41.0 Å². The Balaban J connectivity index is 2.56. The van der Waals surface area contributed by atoms with Gasteiger partial charge >= 0.3 is 0 Å². The summed E-state index contributed by atoms with van der Waals surface area (Å²) in [5.41, 5.74) is 0.661. The highest BCUT2D eigenvalue weighted by Gasteiger charge is 2.23. The van der Waals surface area contributed by atoms with Crippen LogP contribution in [0.25, 0.3) is 0 Å². The van der Waals surface area contributed by atoms with Crippen molar-refractivity contribution in [1.82, 2.24) is 0 Å². The van der Waals surface area contributed by atoms with Gasteiger partial charge in [0.25, 0.3) is 0 Å². The molecule has 0 unspecified atom stereocenters. The molecule has 0 saturated carbocycles. The van der Waals surface area contributed by atoms with E-state index in [1.54, 1.807) is 6.07 Å². The second kappa shape index (κ2) is 5.48. The number of rotatable bonds is 3. The van der Waals surface area contributed by atoms with Gasteiger partial charge in [0.15, 0.2) is 11.5 Å². The quantitative estimate of drug-likeness (QED) is 0.847. The number of ketones is 1. The Kier molecular flexibility index (Phi) is 3.97. The Hall–Kier alpha value is -1.42. The third-order valence-electron chi connectivity index (χ3n) is 2.67. The Morgan fingerprint density at radius 2 is 2.17 bits per heavy atom. The van der Waals surface area contributed by atoms with E-state index in [4.69, 9.17) is 25.8 Å². The molecule has 0 N–H and O–H groups in total. The number of methoxy groups -OCH3 is 1. The molecule has 98 valence electrons. The molecule has 0 aromatic heterocycles. The molecule has 0 radical (unpaired) electrons. The van der Waals surface area contributed by atoms with Crippen LogP contribution in [0, 0.1) is 0 Å². The molecule has 0 spiro atoms. The molecule has 1 aliphatic rings. The second-order valence-electron chi connectivity index (χ2n) is 4.13. The molecule has 1 aromatic rings. The van der Waals surface area contributed by atoms with E-state index in [9.17, 15) is 4.79 Å². The van der Waals surface area contributed by atoms with Crippen LogP contribution in [0.2, 0.25) is 5.02 Å². The van der Waals surface area contributed by atoms with E-state index in [0.717, 1.165) is 6.42 Å². The van der Waals surface area contributed by atoms with E-state index >= 15 is 0 Å². The van der Waals surface area contributed by atoms with E-state index in [2.05, 4.69) is 0 Å². The van der Waals surface area contributed by atoms with Crippen LogP contribution < -0.4 is 14.2 Å². The van der Waals surface area contributed by atoms with Crippen LogP contribution in [0.3, 0.4) is 0 Å².